The van der Waals surface area contributed by atoms with Crippen LogP contribution in [0.25, 0.3) is 10.4 Å². The highest BCUT2D eigenvalue weighted by molar-refractivity contribution is 6.07. The molecule has 2 aliphatic heterocycles. The molecule has 0 bridgehead atoms. The van der Waals surface area contributed by atoms with Crippen LogP contribution in [-0.2, 0) is 39.9 Å². The van der Waals surface area contributed by atoms with E-state index in [1.165, 1.54) is 4.90 Å². The number of nitrogens with zero attached hydrogens (tertiary/aromatic N) is 4. The highest BCUT2D eigenvalue weighted by atomic mass is 16.5. The van der Waals surface area contributed by atoms with Crippen molar-refractivity contribution in [3.8, 4) is 0 Å². The number of amides is 5. The molecule has 15 heteroatoms. The topological polar surface area (TPSA) is 201 Å². The number of carbonyl (C=O) groups excluding carboxylic acids is 5. The van der Waals surface area contributed by atoms with Crippen molar-refractivity contribution in [2.24, 2.45) is 5.11 Å². The van der Waals surface area contributed by atoms with Crippen molar-refractivity contribution in [1.82, 2.24) is 15.5 Å². The van der Waals surface area contributed by atoms with Crippen molar-refractivity contribution in [3.63, 3.8) is 0 Å². The van der Waals surface area contributed by atoms with Crippen molar-refractivity contribution >= 4 is 35.2 Å². The van der Waals surface area contributed by atoms with Crippen molar-refractivity contribution in [3.05, 3.63) is 51.9 Å². The SMILES string of the molecule is C=C(CC(=O)Nc1cccc2c1CN(C1CCC(=O)NC1=O)C2=O)C(=O)NCCOCCOCCOCCN=[N+]=[N-]. The van der Waals surface area contributed by atoms with Crippen LogP contribution in [0.5, 0.6) is 0 Å². The van der Waals surface area contributed by atoms with Gasteiger partial charge in [0, 0.05) is 53.4 Å². The Morgan fingerprint density at radius 1 is 1.10 bits per heavy atom. The Kier molecular flexibility index (Phi) is 12.3. The molecule has 0 radical (unpaired) electrons. The number of azide groups is 1. The molecule has 0 aliphatic carbocycles. The van der Waals surface area contributed by atoms with E-state index in [2.05, 4.69) is 32.6 Å². The van der Waals surface area contributed by atoms with Crippen LogP contribution < -0.4 is 16.0 Å². The fraction of sp³-hybridized carbons (Fsp3) is 0.500. The maximum atomic E-state index is 12.9. The van der Waals surface area contributed by atoms with Gasteiger partial charge in [-0.15, -0.1) is 0 Å². The van der Waals surface area contributed by atoms with Crippen molar-refractivity contribution in [2.75, 3.05) is 58.0 Å². The highest BCUT2D eigenvalue weighted by Crippen LogP contribution is 2.32. The Morgan fingerprint density at radius 3 is 2.51 bits per heavy atom. The maximum absolute atomic E-state index is 12.9. The van der Waals surface area contributed by atoms with Gasteiger partial charge in [-0.2, -0.15) is 0 Å². The van der Waals surface area contributed by atoms with Gasteiger partial charge in [0.2, 0.25) is 23.6 Å². The Morgan fingerprint density at radius 2 is 1.80 bits per heavy atom. The molecule has 41 heavy (non-hydrogen) atoms. The van der Waals surface area contributed by atoms with E-state index in [4.69, 9.17) is 19.7 Å². The summed E-state index contributed by atoms with van der Waals surface area (Å²) in [7, 11) is 0. The molecule has 5 amide bonds. The zero-order chi connectivity index (χ0) is 29.6. The van der Waals surface area contributed by atoms with Crippen LogP contribution in [0, 0.1) is 0 Å². The number of imide groups is 1. The van der Waals surface area contributed by atoms with Gasteiger partial charge in [-0.3, -0.25) is 29.3 Å². The number of hydrogen-bond donors (Lipinski definition) is 3. The van der Waals surface area contributed by atoms with Crippen LogP contribution in [0.4, 0.5) is 5.69 Å². The lowest BCUT2D eigenvalue weighted by Gasteiger charge is -2.29. The van der Waals surface area contributed by atoms with Gasteiger partial charge in [-0.1, -0.05) is 17.8 Å². The summed E-state index contributed by atoms with van der Waals surface area (Å²) in [6, 6.07) is 4.11. The lowest BCUT2D eigenvalue weighted by atomic mass is 10.0. The van der Waals surface area contributed by atoms with E-state index >= 15 is 0 Å². The number of hydrogen-bond acceptors (Lipinski definition) is 9. The van der Waals surface area contributed by atoms with Crippen LogP contribution in [0.1, 0.15) is 35.2 Å². The molecule has 15 nitrogen and oxygen atoms in total. The molecule has 220 valence electrons. The molecule has 1 unspecified atom stereocenters. The Balaban J connectivity index is 1.34. The lowest BCUT2D eigenvalue weighted by Crippen LogP contribution is -2.52. The molecule has 0 saturated carbocycles. The first-order chi connectivity index (χ1) is 19.8. The summed E-state index contributed by atoms with van der Waals surface area (Å²) in [6.07, 6.45) is 0.112. The summed E-state index contributed by atoms with van der Waals surface area (Å²) in [4.78, 5) is 65.7. The number of anilines is 1. The van der Waals surface area contributed by atoms with E-state index in [1.54, 1.807) is 18.2 Å². The maximum Gasteiger partial charge on any atom is 0.255 e. The normalized spacial score (nSPS) is 16.0. The molecule has 1 aromatic carbocycles. The zero-order valence-corrected chi connectivity index (χ0v) is 22.6. The monoisotopic (exact) mass is 571 g/mol. The number of carbonyl (C=O) groups is 5. The number of nitrogens with one attached hydrogen (secondary N) is 3. The summed E-state index contributed by atoms with van der Waals surface area (Å²) in [5.74, 6) is -2.22. The Labute approximate surface area is 236 Å². The molecule has 0 aromatic heterocycles. The summed E-state index contributed by atoms with van der Waals surface area (Å²) in [6.45, 7) is 6.27. The van der Waals surface area contributed by atoms with E-state index < -0.39 is 23.8 Å². The Hall–Kier alpha value is -4.30. The van der Waals surface area contributed by atoms with E-state index in [0.717, 1.165) is 0 Å². The first-order valence-corrected chi connectivity index (χ1v) is 13.1. The van der Waals surface area contributed by atoms with Crippen LogP contribution >= 0.6 is 0 Å². The highest BCUT2D eigenvalue weighted by Gasteiger charge is 2.40. The first-order valence-electron chi connectivity index (χ1n) is 13.1. The molecule has 2 heterocycles. The van der Waals surface area contributed by atoms with Crippen molar-refractivity contribution < 1.29 is 38.2 Å². The first kappa shape index (κ1) is 31.2. The van der Waals surface area contributed by atoms with Crippen LogP contribution in [0.15, 0.2) is 35.5 Å². The fourth-order valence-corrected chi connectivity index (χ4v) is 4.22. The number of fused-ring (bicyclic) bond motifs is 1. The van der Waals surface area contributed by atoms with Gasteiger partial charge >= 0.3 is 0 Å². The van der Waals surface area contributed by atoms with Crippen LogP contribution in [0.3, 0.4) is 0 Å². The standard InChI is InChI=1S/C26H33N7O8/c1-17(24(36)28-7-9-39-11-13-41-14-12-40-10-8-29-32-27)15-23(35)30-20-4-2-3-18-19(20)16-33(26(18)38)21-5-6-22(34)31-25(21)37/h2-4,21H,1,5-16H2,(H,28,36)(H,30,35)(H,31,34,37). The van der Waals surface area contributed by atoms with Gasteiger partial charge in [0.1, 0.15) is 6.04 Å². The fourth-order valence-electron chi connectivity index (χ4n) is 4.22. The van der Waals surface area contributed by atoms with Crippen LogP contribution in [-0.4, -0.2) is 93.2 Å². The molecule has 1 saturated heterocycles. The predicted octanol–water partition coefficient (Wildman–Crippen LogP) is 0.809. The number of piperidine rings is 1. The van der Waals surface area contributed by atoms with Crippen LogP contribution in [0.2, 0.25) is 0 Å². The third-order valence-corrected chi connectivity index (χ3v) is 6.23. The van der Waals surface area contributed by atoms with E-state index in [9.17, 15) is 24.0 Å². The van der Waals surface area contributed by atoms with E-state index in [1.807, 2.05) is 0 Å². The third-order valence-electron chi connectivity index (χ3n) is 6.23. The van der Waals surface area contributed by atoms with Gasteiger partial charge in [-0.25, -0.2) is 0 Å². The number of rotatable bonds is 17. The van der Waals surface area contributed by atoms with Gasteiger partial charge in [0.05, 0.1) is 46.1 Å². The molecule has 1 atom stereocenters. The second-order valence-corrected chi connectivity index (χ2v) is 9.11. The quantitative estimate of drug-likeness (QED) is 0.0608. The summed E-state index contributed by atoms with van der Waals surface area (Å²) in [5, 5.41) is 11.0. The molecule has 1 fully saturated rings. The number of ether oxygens (including phenoxy) is 3. The van der Waals surface area contributed by atoms with E-state index in [0.29, 0.717) is 49.8 Å². The summed E-state index contributed by atoms with van der Waals surface area (Å²) < 4.78 is 15.9. The minimum Gasteiger partial charge on any atom is -0.379 e. The molecule has 3 rings (SSSR count). The second kappa shape index (κ2) is 16.1. The average molecular weight is 572 g/mol. The summed E-state index contributed by atoms with van der Waals surface area (Å²) in [5.41, 5.74) is 9.53. The van der Waals surface area contributed by atoms with Gasteiger partial charge in [-0.05, 0) is 24.1 Å². The van der Waals surface area contributed by atoms with Crippen molar-refractivity contribution in [2.45, 2.75) is 31.8 Å². The molecule has 0 spiro atoms. The lowest BCUT2D eigenvalue weighted by molar-refractivity contribution is -0.137. The largest absolute Gasteiger partial charge is 0.379 e. The van der Waals surface area contributed by atoms with Gasteiger partial charge in [0.15, 0.2) is 0 Å². The molecule has 3 N–H and O–H groups in total. The molecular formula is C26H33N7O8. The number of benzene rings is 1. The minimum atomic E-state index is -0.766. The van der Waals surface area contributed by atoms with Crippen molar-refractivity contribution in [1.29, 1.82) is 0 Å². The second-order valence-electron chi connectivity index (χ2n) is 9.11. The Bertz CT molecular complexity index is 1210. The van der Waals surface area contributed by atoms with E-state index in [-0.39, 0.29) is 62.9 Å². The third kappa shape index (κ3) is 9.39. The summed E-state index contributed by atoms with van der Waals surface area (Å²) >= 11 is 0. The minimum absolute atomic E-state index is 0.0557. The molecular weight excluding hydrogens is 538 g/mol. The molecule has 2 aliphatic rings. The predicted molar refractivity (Wildman–Crippen MR) is 144 cm³/mol. The smallest absolute Gasteiger partial charge is 0.255 e. The molecule has 1 aromatic rings. The average Bonchev–Trinajstić information content (AvgIpc) is 3.28. The van der Waals surface area contributed by atoms with Gasteiger partial charge in [0.25, 0.3) is 5.91 Å². The zero-order valence-electron chi connectivity index (χ0n) is 22.6. The van der Waals surface area contributed by atoms with Gasteiger partial charge < -0.3 is 29.7 Å².